The smallest absolute Gasteiger partial charge is 0.340 e. The van der Waals surface area contributed by atoms with E-state index in [1.165, 1.54) is 42.5 Å². The van der Waals surface area contributed by atoms with Crippen molar-refractivity contribution in [3.05, 3.63) is 80.3 Å². The summed E-state index contributed by atoms with van der Waals surface area (Å²) in [6.45, 7) is 0. The van der Waals surface area contributed by atoms with Crippen LogP contribution < -0.4 is 4.74 Å². The highest BCUT2D eigenvalue weighted by atomic mass is 35.5. The Morgan fingerprint density at radius 2 is 1.67 bits per heavy atom. The molecule has 0 bridgehead atoms. The summed E-state index contributed by atoms with van der Waals surface area (Å²) in [6.07, 6.45) is 0. The van der Waals surface area contributed by atoms with E-state index >= 15 is 0 Å². The molecule has 150 valence electrons. The Balaban J connectivity index is 1.92. The number of benzene rings is 3. The number of fused-ring (bicyclic) bond motifs is 6. The van der Waals surface area contributed by atoms with Crippen LogP contribution in [0.4, 0.5) is 0 Å². The Morgan fingerprint density at radius 3 is 2.40 bits per heavy atom. The SMILES string of the molecule is O=C(O)c1cc(Cl)c2c(c1)C(=O)OC21c2ccc(O)cc2Oc2cc(O)c(Cl)cc21. The van der Waals surface area contributed by atoms with Crippen molar-refractivity contribution in [3.63, 3.8) is 0 Å². The highest BCUT2D eigenvalue weighted by Gasteiger charge is 2.55. The van der Waals surface area contributed by atoms with Crippen LogP contribution in [0.1, 0.15) is 37.4 Å². The van der Waals surface area contributed by atoms with Gasteiger partial charge < -0.3 is 24.8 Å². The highest BCUT2D eigenvalue weighted by Crippen LogP contribution is 2.59. The predicted molar refractivity (Wildman–Crippen MR) is 105 cm³/mol. The first-order valence-corrected chi connectivity index (χ1v) is 9.33. The summed E-state index contributed by atoms with van der Waals surface area (Å²) in [5.41, 5.74) is -0.940. The van der Waals surface area contributed by atoms with Crippen LogP contribution in [0.5, 0.6) is 23.0 Å². The lowest BCUT2D eigenvalue weighted by Gasteiger charge is -2.37. The van der Waals surface area contributed by atoms with E-state index in [0.717, 1.165) is 0 Å². The molecule has 1 unspecified atom stereocenters. The fourth-order valence-corrected chi connectivity index (χ4v) is 4.44. The first-order chi connectivity index (χ1) is 14.2. The van der Waals surface area contributed by atoms with Gasteiger partial charge in [0.2, 0.25) is 0 Å². The number of carboxylic acid groups (broad SMARTS) is 1. The number of phenols is 2. The number of aromatic carboxylic acids is 1. The number of carbonyl (C=O) groups is 2. The van der Waals surface area contributed by atoms with Gasteiger partial charge in [-0.15, -0.1) is 0 Å². The third kappa shape index (κ3) is 2.33. The number of hydrogen-bond donors (Lipinski definition) is 3. The standard InChI is InChI=1S/C21H10Cl2O7/c22-13-6-12-17(7-15(13)25)29-16-5-9(24)1-2-11(16)21(12)18-10(20(28)30-21)3-8(19(26)27)4-14(18)23/h1-7,24-25H,(H,26,27). The molecule has 0 saturated heterocycles. The maximum absolute atomic E-state index is 12.9. The number of phenolic OH excluding ortho intramolecular Hbond substituents is 2. The maximum atomic E-state index is 12.9. The summed E-state index contributed by atoms with van der Waals surface area (Å²) in [4.78, 5) is 24.3. The van der Waals surface area contributed by atoms with Gasteiger partial charge in [-0.25, -0.2) is 9.59 Å². The van der Waals surface area contributed by atoms with Gasteiger partial charge in [-0.3, -0.25) is 0 Å². The van der Waals surface area contributed by atoms with Crippen molar-refractivity contribution < 1.29 is 34.4 Å². The van der Waals surface area contributed by atoms with Crippen LogP contribution in [-0.4, -0.2) is 27.3 Å². The van der Waals surface area contributed by atoms with E-state index in [1.54, 1.807) is 0 Å². The molecule has 1 atom stereocenters. The highest BCUT2D eigenvalue weighted by molar-refractivity contribution is 6.33. The molecule has 0 fully saturated rings. The zero-order valence-electron chi connectivity index (χ0n) is 14.8. The van der Waals surface area contributed by atoms with Crippen molar-refractivity contribution >= 4 is 35.1 Å². The number of hydrogen-bond acceptors (Lipinski definition) is 6. The molecule has 7 nitrogen and oxygen atoms in total. The third-order valence-electron chi connectivity index (χ3n) is 5.15. The lowest BCUT2D eigenvalue weighted by atomic mass is 9.77. The number of aromatic hydroxyl groups is 2. The van der Waals surface area contributed by atoms with Crippen LogP contribution in [0.3, 0.4) is 0 Å². The zero-order valence-corrected chi connectivity index (χ0v) is 16.3. The minimum atomic E-state index is -1.62. The quantitative estimate of drug-likeness (QED) is 0.467. The molecule has 5 rings (SSSR count). The second-order valence-corrected chi connectivity index (χ2v) is 7.65. The van der Waals surface area contributed by atoms with Gasteiger partial charge in [0, 0.05) is 28.8 Å². The second-order valence-electron chi connectivity index (χ2n) is 6.84. The first-order valence-electron chi connectivity index (χ1n) is 8.57. The molecule has 1 spiro atoms. The number of ether oxygens (including phenoxy) is 2. The van der Waals surface area contributed by atoms with Crippen molar-refractivity contribution in [2.75, 3.05) is 0 Å². The Kier molecular flexibility index (Phi) is 3.75. The molecular weight excluding hydrogens is 435 g/mol. The van der Waals surface area contributed by atoms with Crippen molar-refractivity contribution in [1.29, 1.82) is 0 Å². The largest absolute Gasteiger partial charge is 0.508 e. The van der Waals surface area contributed by atoms with Crippen LogP contribution in [0.25, 0.3) is 0 Å². The normalized spacial score (nSPS) is 18.3. The maximum Gasteiger partial charge on any atom is 0.340 e. The van der Waals surface area contributed by atoms with E-state index in [-0.39, 0.29) is 49.7 Å². The monoisotopic (exact) mass is 444 g/mol. The molecule has 2 aliphatic rings. The minimum absolute atomic E-state index is 0.00757. The van der Waals surface area contributed by atoms with Crippen LogP contribution >= 0.6 is 23.2 Å². The number of esters is 1. The van der Waals surface area contributed by atoms with E-state index in [9.17, 15) is 24.9 Å². The molecule has 0 amide bonds. The van der Waals surface area contributed by atoms with E-state index in [1.807, 2.05) is 0 Å². The number of carboxylic acids is 1. The fraction of sp³-hybridized carbons (Fsp3) is 0.0476. The molecule has 30 heavy (non-hydrogen) atoms. The molecular formula is C21H10Cl2O7. The Bertz CT molecular complexity index is 1300. The molecule has 0 radical (unpaired) electrons. The summed E-state index contributed by atoms with van der Waals surface area (Å²) in [6, 6.07) is 9.31. The predicted octanol–water partition coefficient (Wildman–Crippen LogP) is 4.67. The van der Waals surface area contributed by atoms with E-state index in [2.05, 4.69) is 0 Å². The van der Waals surface area contributed by atoms with Gasteiger partial charge in [-0.2, -0.15) is 0 Å². The molecule has 3 N–H and O–H groups in total. The molecule has 3 aromatic carbocycles. The molecule has 2 aliphatic heterocycles. The van der Waals surface area contributed by atoms with Gasteiger partial charge in [0.1, 0.15) is 23.0 Å². The average Bonchev–Trinajstić information content (AvgIpc) is 2.97. The van der Waals surface area contributed by atoms with Crippen molar-refractivity contribution in [3.8, 4) is 23.0 Å². The molecule has 0 saturated carbocycles. The van der Waals surface area contributed by atoms with Crippen LogP contribution in [0, 0.1) is 0 Å². The summed E-state index contributed by atoms with van der Waals surface area (Å²) < 4.78 is 11.7. The third-order valence-corrected chi connectivity index (χ3v) is 5.75. The Morgan fingerprint density at radius 1 is 0.933 bits per heavy atom. The summed E-state index contributed by atoms with van der Waals surface area (Å²) in [7, 11) is 0. The van der Waals surface area contributed by atoms with Crippen molar-refractivity contribution in [2.45, 2.75) is 5.60 Å². The fourth-order valence-electron chi connectivity index (χ4n) is 3.93. The first kappa shape index (κ1) is 18.6. The summed E-state index contributed by atoms with van der Waals surface area (Å²) >= 11 is 12.6. The lowest BCUT2D eigenvalue weighted by molar-refractivity contribution is 0.0224. The average molecular weight is 445 g/mol. The summed E-state index contributed by atoms with van der Waals surface area (Å²) in [5.74, 6) is -2.09. The van der Waals surface area contributed by atoms with Crippen molar-refractivity contribution in [2.24, 2.45) is 0 Å². The minimum Gasteiger partial charge on any atom is -0.508 e. The molecule has 3 aromatic rings. The number of halogens is 2. The van der Waals surface area contributed by atoms with Crippen LogP contribution in [0.2, 0.25) is 10.0 Å². The second kappa shape index (κ2) is 6.04. The summed E-state index contributed by atoms with van der Waals surface area (Å²) in [5, 5.41) is 29.3. The van der Waals surface area contributed by atoms with Gasteiger partial charge in [-0.1, -0.05) is 23.2 Å². The Labute approximate surface area is 178 Å². The van der Waals surface area contributed by atoms with Gasteiger partial charge in [0.15, 0.2) is 5.60 Å². The number of carbonyl (C=O) groups excluding carboxylic acids is 1. The topological polar surface area (TPSA) is 113 Å². The van der Waals surface area contributed by atoms with Crippen LogP contribution in [0.15, 0.2) is 42.5 Å². The van der Waals surface area contributed by atoms with E-state index in [0.29, 0.717) is 11.1 Å². The molecule has 0 aromatic heterocycles. The lowest BCUT2D eigenvalue weighted by Crippen LogP contribution is -2.33. The zero-order chi connectivity index (χ0) is 21.4. The van der Waals surface area contributed by atoms with E-state index in [4.69, 9.17) is 32.7 Å². The van der Waals surface area contributed by atoms with Gasteiger partial charge in [0.25, 0.3) is 0 Å². The van der Waals surface area contributed by atoms with Gasteiger partial charge >= 0.3 is 11.9 Å². The molecule has 0 aliphatic carbocycles. The Hall–Kier alpha value is -3.42. The van der Waals surface area contributed by atoms with Gasteiger partial charge in [0.05, 0.1) is 21.2 Å². The molecule has 9 heteroatoms. The number of rotatable bonds is 1. The van der Waals surface area contributed by atoms with E-state index < -0.39 is 17.5 Å². The van der Waals surface area contributed by atoms with Gasteiger partial charge in [-0.05, 0) is 30.3 Å². The van der Waals surface area contributed by atoms with Crippen LogP contribution in [-0.2, 0) is 10.3 Å². The molecule has 2 heterocycles. The van der Waals surface area contributed by atoms with Crippen molar-refractivity contribution in [1.82, 2.24) is 0 Å².